The third-order valence-corrected chi connectivity index (χ3v) is 3.89. The predicted octanol–water partition coefficient (Wildman–Crippen LogP) is 1.92. The van der Waals surface area contributed by atoms with Crippen molar-refractivity contribution in [3.05, 3.63) is 59.7 Å². The summed E-state index contributed by atoms with van der Waals surface area (Å²) in [4.78, 5) is 24.1. The van der Waals surface area contributed by atoms with Crippen molar-refractivity contribution in [3.8, 4) is 11.5 Å². The van der Waals surface area contributed by atoms with Gasteiger partial charge in [0, 0.05) is 17.7 Å². The van der Waals surface area contributed by atoms with Crippen molar-refractivity contribution in [2.75, 3.05) is 19.8 Å². The molecule has 140 valence electrons. The number of hydrazone groups is 1. The molecule has 2 amide bonds. The van der Waals surface area contributed by atoms with Gasteiger partial charge < -0.3 is 14.8 Å². The fraction of sp³-hybridized carbons (Fsp3) is 0.250. The van der Waals surface area contributed by atoms with E-state index >= 15 is 0 Å². The Morgan fingerprint density at radius 3 is 2.56 bits per heavy atom. The molecule has 0 atom stereocenters. The second-order valence-corrected chi connectivity index (χ2v) is 6.09. The van der Waals surface area contributed by atoms with Crippen LogP contribution < -0.4 is 20.2 Å². The van der Waals surface area contributed by atoms with Crippen LogP contribution in [0.5, 0.6) is 11.5 Å². The van der Waals surface area contributed by atoms with Gasteiger partial charge in [-0.15, -0.1) is 0 Å². The molecule has 2 aromatic carbocycles. The van der Waals surface area contributed by atoms with E-state index in [2.05, 4.69) is 15.8 Å². The molecule has 0 fully saturated rings. The van der Waals surface area contributed by atoms with E-state index in [1.165, 1.54) is 0 Å². The van der Waals surface area contributed by atoms with Crippen LogP contribution in [0.15, 0.2) is 53.6 Å². The van der Waals surface area contributed by atoms with E-state index in [0.29, 0.717) is 36.7 Å². The van der Waals surface area contributed by atoms with Gasteiger partial charge >= 0.3 is 0 Å². The minimum Gasteiger partial charge on any atom is -0.486 e. The van der Waals surface area contributed by atoms with Gasteiger partial charge in [0.2, 0.25) is 0 Å². The summed E-state index contributed by atoms with van der Waals surface area (Å²) in [5.74, 6) is 0.374. The highest BCUT2D eigenvalue weighted by atomic mass is 16.6. The van der Waals surface area contributed by atoms with Crippen LogP contribution in [0.3, 0.4) is 0 Å². The largest absolute Gasteiger partial charge is 0.486 e. The first-order valence-electron chi connectivity index (χ1n) is 8.65. The maximum absolute atomic E-state index is 12.2. The molecule has 1 aliphatic rings. The lowest BCUT2D eigenvalue weighted by Gasteiger charge is -2.18. The van der Waals surface area contributed by atoms with Crippen molar-refractivity contribution in [2.24, 2.45) is 5.10 Å². The molecule has 0 aliphatic carbocycles. The number of amides is 2. The Hall–Kier alpha value is -3.35. The lowest BCUT2D eigenvalue weighted by Crippen LogP contribution is -2.35. The van der Waals surface area contributed by atoms with Crippen LogP contribution in [0.4, 0.5) is 0 Å². The summed E-state index contributed by atoms with van der Waals surface area (Å²) in [6.07, 6.45) is 0.644. The molecule has 7 nitrogen and oxygen atoms in total. The molecule has 0 spiro atoms. The quantitative estimate of drug-likeness (QED) is 0.603. The standard InChI is InChI=1S/C20H21N3O4/c1-14(11-15-5-3-2-4-6-15)22-23-19(24)13-21-20(25)16-7-8-17-18(12-16)27-10-9-26-17/h2-8,12H,9-11,13H2,1H3,(H,21,25)(H,23,24)/b22-14-. The lowest BCUT2D eigenvalue weighted by atomic mass is 10.1. The van der Waals surface area contributed by atoms with Crippen LogP contribution in [0.1, 0.15) is 22.8 Å². The Morgan fingerprint density at radius 1 is 1.04 bits per heavy atom. The van der Waals surface area contributed by atoms with E-state index in [1.807, 2.05) is 37.3 Å². The molecule has 0 bridgehead atoms. The second-order valence-electron chi connectivity index (χ2n) is 6.09. The van der Waals surface area contributed by atoms with Crippen LogP contribution in [-0.2, 0) is 11.2 Å². The minimum atomic E-state index is -0.395. The first-order chi connectivity index (χ1) is 13.1. The first-order valence-corrected chi connectivity index (χ1v) is 8.65. The van der Waals surface area contributed by atoms with Gasteiger partial charge in [0.05, 0.1) is 6.54 Å². The average Bonchev–Trinajstić information content (AvgIpc) is 2.71. The smallest absolute Gasteiger partial charge is 0.259 e. The van der Waals surface area contributed by atoms with Crippen LogP contribution in [0.25, 0.3) is 0 Å². The Bertz CT molecular complexity index is 850. The fourth-order valence-electron chi connectivity index (χ4n) is 2.58. The summed E-state index contributed by atoms with van der Waals surface area (Å²) >= 11 is 0. The molecular formula is C20H21N3O4. The van der Waals surface area contributed by atoms with Crippen LogP contribution >= 0.6 is 0 Å². The number of hydrogen-bond acceptors (Lipinski definition) is 5. The first kappa shape index (κ1) is 18.4. The van der Waals surface area contributed by atoms with Crippen LogP contribution in [0, 0.1) is 0 Å². The van der Waals surface area contributed by atoms with Crippen molar-refractivity contribution in [1.29, 1.82) is 0 Å². The van der Waals surface area contributed by atoms with Crippen LogP contribution in [-0.4, -0.2) is 37.3 Å². The molecule has 1 heterocycles. The van der Waals surface area contributed by atoms with E-state index in [4.69, 9.17) is 9.47 Å². The molecule has 7 heteroatoms. The van der Waals surface area contributed by atoms with Gasteiger partial charge in [-0.25, -0.2) is 5.43 Å². The maximum atomic E-state index is 12.2. The Labute approximate surface area is 157 Å². The zero-order valence-corrected chi connectivity index (χ0v) is 15.0. The van der Waals surface area contributed by atoms with Crippen molar-refractivity contribution in [3.63, 3.8) is 0 Å². The molecule has 1 aliphatic heterocycles. The second kappa shape index (κ2) is 8.84. The molecule has 3 rings (SSSR count). The van der Waals surface area contributed by atoms with Gasteiger partial charge in [0.25, 0.3) is 11.8 Å². The van der Waals surface area contributed by atoms with E-state index in [0.717, 1.165) is 11.3 Å². The van der Waals surface area contributed by atoms with Gasteiger partial charge in [-0.1, -0.05) is 30.3 Å². The van der Waals surface area contributed by atoms with Gasteiger partial charge in [-0.2, -0.15) is 5.10 Å². The summed E-state index contributed by atoms with van der Waals surface area (Å²) in [7, 11) is 0. The molecular weight excluding hydrogens is 346 g/mol. The zero-order chi connectivity index (χ0) is 19.1. The normalized spacial score (nSPS) is 13.0. The van der Waals surface area contributed by atoms with Crippen molar-refractivity contribution in [2.45, 2.75) is 13.3 Å². The number of nitrogens with zero attached hydrogens (tertiary/aromatic N) is 1. The van der Waals surface area contributed by atoms with E-state index in [-0.39, 0.29) is 12.5 Å². The molecule has 0 radical (unpaired) electrons. The van der Waals surface area contributed by atoms with E-state index < -0.39 is 5.91 Å². The molecule has 0 saturated carbocycles. The number of hydrogen-bond donors (Lipinski definition) is 2. The zero-order valence-electron chi connectivity index (χ0n) is 15.0. The van der Waals surface area contributed by atoms with Crippen molar-refractivity contribution in [1.82, 2.24) is 10.7 Å². The highest BCUT2D eigenvalue weighted by molar-refractivity contribution is 5.97. The number of nitrogens with one attached hydrogen (secondary N) is 2. The number of rotatable bonds is 6. The molecule has 0 unspecified atom stereocenters. The van der Waals surface area contributed by atoms with E-state index in [1.54, 1.807) is 18.2 Å². The fourth-order valence-corrected chi connectivity index (χ4v) is 2.58. The Balaban J connectivity index is 1.47. The molecule has 0 saturated heterocycles. The average molecular weight is 367 g/mol. The Morgan fingerprint density at radius 2 is 1.78 bits per heavy atom. The summed E-state index contributed by atoms with van der Waals surface area (Å²) in [5, 5.41) is 6.62. The Kier molecular flexibility index (Phi) is 6.04. The third kappa shape index (κ3) is 5.31. The topological polar surface area (TPSA) is 89.0 Å². The monoisotopic (exact) mass is 367 g/mol. The van der Waals surface area contributed by atoms with Gasteiger partial charge in [0.1, 0.15) is 13.2 Å². The number of fused-ring (bicyclic) bond motifs is 1. The highest BCUT2D eigenvalue weighted by Crippen LogP contribution is 2.30. The molecule has 27 heavy (non-hydrogen) atoms. The third-order valence-electron chi connectivity index (χ3n) is 3.89. The number of carbonyl (C=O) groups is 2. The van der Waals surface area contributed by atoms with E-state index in [9.17, 15) is 9.59 Å². The number of ether oxygens (including phenoxy) is 2. The molecule has 2 aromatic rings. The van der Waals surface area contributed by atoms with Gasteiger partial charge in [-0.3, -0.25) is 9.59 Å². The maximum Gasteiger partial charge on any atom is 0.259 e. The lowest BCUT2D eigenvalue weighted by molar-refractivity contribution is -0.120. The number of carbonyl (C=O) groups excluding carboxylic acids is 2. The highest BCUT2D eigenvalue weighted by Gasteiger charge is 2.15. The van der Waals surface area contributed by atoms with Crippen LogP contribution in [0.2, 0.25) is 0 Å². The summed E-state index contributed by atoms with van der Waals surface area (Å²) < 4.78 is 10.9. The molecule has 0 aromatic heterocycles. The predicted molar refractivity (Wildman–Crippen MR) is 101 cm³/mol. The van der Waals surface area contributed by atoms with Crippen molar-refractivity contribution >= 4 is 17.5 Å². The van der Waals surface area contributed by atoms with Gasteiger partial charge in [-0.05, 0) is 30.7 Å². The number of benzene rings is 2. The SMILES string of the molecule is C/C(Cc1ccccc1)=N/NC(=O)CNC(=O)c1ccc2c(c1)OCCO2. The summed E-state index contributed by atoms with van der Waals surface area (Å²) in [6, 6.07) is 14.8. The summed E-state index contributed by atoms with van der Waals surface area (Å²) in [5.41, 5.74) is 4.73. The van der Waals surface area contributed by atoms with Crippen molar-refractivity contribution < 1.29 is 19.1 Å². The minimum absolute atomic E-state index is 0.171. The molecule has 2 N–H and O–H groups in total. The summed E-state index contributed by atoms with van der Waals surface area (Å²) in [6.45, 7) is 2.60. The van der Waals surface area contributed by atoms with Gasteiger partial charge in [0.15, 0.2) is 11.5 Å².